The average Bonchev–Trinajstić information content (AvgIpc) is 3.20. The molecule has 0 fully saturated rings. The van der Waals surface area contributed by atoms with Crippen LogP contribution in [0.25, 0.3) is 22.6 Å². The number of hydrogen-bond acceptors (Lipinski definition) is 4. The fourth-order valence-electron chi connectivity index (χ4n) is 3.94. The van der Waals surface area contributed by atoms with Gasteiger partial charge in [-0.1, -0.05) is 41.4 Å². The van der Waals surface area contributed by atoms with Gasteiger partial charge in [0.1, 0.15) is 12.3 Å². The molecule has 0 saturated carbocycles. The third-order valence-corrected chi connectivity index (χ3v) is 5.98. The number of ether oxygens (including phenoxy) is 1. The summed E-state index contributed by atoms with van der Waals surface area (Å²) in [5.74, 6) is 0.533. The van der Waals surface area contributed by atoms with Gasteiger partial charge in [-0.25, -0.2) is 9.67 Å². The molecule has 0 atom stereocenters. The van der Waals surface area contributed by atoms with E-state index in [4.69, 9.17) is 26.4 Å². The number of pyridine rings is 1. The molecule has 0 aliphatic rings. The van der Waals surface area contributed by atoms with Crippen molar-refractivity contribution in [3.63, 3.8) is 0 Å². The van der Waals surface area contributed by atoms with E-state index in [0.717, 1.165) is 16.9 Å². The zero-order valence-electron chi connectivity index (χ0n) is 19.1. The minimum Gasteiger partial charge on any atom is -0.485 e. The van der Waals surface area contributed by atoms with Crippen LogP contribution in [-0.2, 0) is 6.61 Å². The van der Waals surface area contributed by atoms with Gasteiger partial charge in [-0.3, -0.25) is 9.20 Å². The molecular weight excluding hydrogens is 448 g/mol. The molecule has 3 heterocycles. The van der Waals surface area contributed by atoms with E-state index < -0.39 is 0 Å². The molecule has 3 aromatic heterocycles. The van der Waals surface area contributed by atoms with E-state index in [9.17, 15) is 4.79 Å². The second kappa shape index (κ2) is 8.80. The first-order valence-electron chi connectivity index (χ1n) is 10.9. The van der Waals surface area contributed by atoms with E-state index in [1.54, 1.807) is 12.3 Å². The Kier molecular flexibility index (Phi) is 5.67. The zero-order valence-corrected chi connectivity index (χ0v) is 19.9. The van der Waals surface area contributed by atoms with E-state index in [1.807, 2.05) is 86.1 Å². The number of nitrogens with zero attached hydrogens (tertiary/aromatic N) is 4. The number of benzene rings is 2. The molecule has 0 aliphatic carbocycles. The maximum absolute atomic E-state index is 13.5. The molecule has 6 nitrogen and oxygen atoms in total. The molecule has 5 aromatic rings. The van der Waals surface area contributed by atoms with E-state index >= 15 is 0 Å². The van der Waals surface area contributed by atoms with E-state index in [2.05, 4.69) is 0 Å². The average molecular weight is 471 g/mol. The normalized spacial score (nSPS) is 11.2. The van der Waals surface area contributed by atoms with Crippen molar-refractivity contribution in [2.45, 2.75) is 27.4 Å². The quantitative estimate of drug-likeness (QED) is 0.330. The van der Waals surface area contributed by atoms with Crippen molar-refractivity contribution in [3.05, 3.63) is 111 Å². The summed E-state index contributed by atoms with van der Waals surface area (Å²) in [4.78, 5) is 18.2. The van der Waals surface area contributed by atoms with Gasteiger partial charge in [-0.2, -0.15) is 5.10 Å². The highest BCUT2D eigenvalue weighted by Gasteiger charge is 2.18. The summed E-state index contributed by atoms with van der Waals surface area (Å²) < 4.78 is 9.36. The second-order valence-electron chi connectivity index (χ2n) is 8.28. The summed E-state index contributed by atoms with van der Waals surface area (Å²) in [6, 6.07) is 21.1. The van der Waals surface area contributed by atoms with Gasteiger partial charge >= 0.3 is 0 Å². The Balaban J connectivity index is 1.54. The predicted octanol–water partition coefficient (Wildman–Crippen LogP) is 5.70. The molecule has 0 radical (unpaired) electrons. The van der Waals surface area contributed by atoms with Crippen molar-refractivity contribution in [2.24, 2.45) is 0 Å². The van der Waals surface area contributed by atoms with Gasteiger partial charge in [0.15, 0.2) is 11.4 Å². The number of aromatic nitrogens is 4. The van der Waals surface area contributed by atoms with E-state index in [0.29, 0.717) is 40.0 Å². The minimum absolute atomic E-state index is 0.187. The Morgan fingerprint density at radius 1 is 0.971 bits per heavy atom. The molecule has 0 aliphatic heterocycles. The van der Waals surface area contributed by atoms with Crippen molar-refractivity contribution >= 4 is 17.2 Å². The fourth-order valence-corrected chi connectivity index (χ4v) is 4.06. The van der Waals surface area contributed by atoms with E-state index in [-0.39, 0.29) is 5.56 Å². The van der Waals surface area contributed by atoms with Crippen LogP contribution < -0.4 is 10.3 Å². The first-order valence-corrected chi connectivity index (χ1v) is 11.3. The maximum atomic E-state index is 13.5. The summed E-state index contributed by atoms with van der Waals surface area (Å²) in [7, 11) is 0. The van der Waals surface area contributed by atoms with Crippen molar-refractivity contribution in [3.8, 4) is 22.7 Å². The standard InChI is InChI=1S/C27H23ClN4O2/c1-17-6-12-22(13-7-17)32-18(2)15-23(30-32)25-19(3)29-26-24(5-4-14-31(26)27(25)33)34-16-20-8-10-21(28)11-9-20/h4-15H,16H2,1-3H3. The van der Waals surface area contributed by atoms with E-state index in [1.165, 1.54) is 9.96 Å². The molecule has 0 amide bonds. The van der Waals surface area contributed by atoms with Crippen molar-refractivity contribution < 1.29 is 4.74 Å². The second-order valence-corrected chi connectivity index (χ2v) is 8.71. The Hall–Kier alpha value is -3.90. The lowest BCUT2D eigenvalue weighted by atomic mass is 10.1. The predicted molar refractivity (Wildman–Crippen MR) is 134 cm³/mol. The van der Waals surface area contributed by atoms with Gasteiger partial charge in [-0.05, 0) is 68.8 Å². The van der Waals surface area contributed by atoms with Gasteiger partial charge < -0.3 is 4.74 Å². The smallest absolute Gasteiger partial charge is 0.267 e. The molecule has 5 rings (SSSR count). The summed E-state index contributed by atoms with van der Waals surface area (Å²) in [6.45, 7) is 6.19. The molecule has 170 valence electrons. The van der Waals surface area contributed by atoms with Gasteiger partial charge in [-0.15, -0.1) is 0 Å². The van der Waals surface area contributed by atoms with Crippen LogP contribution >= 0.6 is 11.6 Å². The van der Waals surface area contributed by atoms with Gasteiger partial charge in [0, 0.05) is 16.9 Å². The monoisotopic (exact) mass is 470 g/mol. The highest BCUT2D eigenvalue weighted by atomic mass is 35.5. The largest absolute Gasteiger partial charge is 0.485 e. The number of fused-ring (bicyclic) bond motifs is 1. The fraction of sp³-hybridized carbons (Fsp3) is 0.148. The van der Waals surface area contributed by atoms with Crippen LogP contribution in [0.15, 0.2) is 77.7 Å². The first kappa shape index (κ1) is 21.9. The van der Waals surface area contributed by atoms with Crippen LogP contribution in [0.2, 0.25) is 5.02 Å². The molecule has 0 saturated heterocycles. The lowest BCUT2D eigenvalue weighted by molar-refractivity contribution is 0.308. The summed E-state index contributed by atoms with van der Waals surface area (Å²) in [6.07, 6.45) is 1.70. The van der Waals surface area contributed by atoms with Gasteiger partial charge in [0.25, 0.3) is 5.56 Å². The number of aryl methyl sites for hydroxylation is 3. The van der Waals surface area contributed by atoms with Gasteiger partial charge in [0.05, 0.1) is 16.9 Å². The number of halogens is 1. The van der Waals surface area contributed by atoms with Crippen LogP contribution in [0.1, 0.15) is 22.5 Å². The first-order chi connectivity index (χ1) is 16.4. The van der Waals surface area contributed by atoms with Crippen LogP contribution in [-0.4, -0.2) is 19.2 Å². The highest BCUT2D eigenvalue weighted by Crippen LogP contribution is 2.24. The van der Waals surface area contributed by atoms with Crippen molar-refractivity contribution in [1.82, 2.24) is 19.2 Å². The topological polar surface area (TPSA) is 61.4 Å². The van der Waals surface area contributed by atoms with Crippen LogP contribution in [0.3, 0.4) is 0 Å². The Morgan fingerprint density at radius 2 is 1.71 bits per heavy atom. The van der Waals surface area contributed by atoms with Gasteiger partial charge in [0.2, 0.25) is 0 Å². The molecule has 2 aromatic carbocycles. The number of hydrogen-bond donors (Lipinski definition) is 0. The summed E-state index contributed by atoms with van der Waals surface area (Å²) in [5, 5.41) is 5.41. The third-order valence-electron chi connectivity index (χ3n) is 5.73. The molecule has 0 unspecified atom stereocenters. The summed E-state index contributed by atoms with van der Waals surface area (Å²) in [5.41, 5.74) is 5.97. The zero-order chi connectivity index (χ0) is 23.8. The molecule has 0 bridgehead atoms. The minimum atomic E-state index is -0.187. The van der Waals surface area contributed by atoms with Crippen molar-refractivity contribution in [2.75, 3.05) is 0 Å². The molecule has 0 N–H and O–H groups in total. The SMILES string of the molecule is Cc1ccc(-n2nc(-c3c(C)nc4c(OCc5ccc(Cl)cc5)cccn4c3=O)cc2C)cc1. The van der Waals surface area contributed by atoms with Crippen LogP contribution in [0.4, 0.5) is 0 Å². The molecule has 34 heavy (non-hydrogen) atoms. The molecular formula is C27H23ClN4O2. The highest BCUT2D eigenvalue weighted by molar-refractivity contribution is 6.30. The summed E-state index contributed by atoms with van der Waals surface area (Å²) >= 11 is 5.96. The molecule has 0 spiro atoms. The lowest BCUT2D eigenvalue weighted by Gasteiger charge is -2.12. The van der Waals surface area contributed by atoms with Crippen molar-refractivity contribution in [1.29, 1.82) is 0 Å². The Bertz CT molecular complexity index is 1550. The third kappa shape index (κ3) is 4.08. The molecule has 7 heteroatoms. The number of rotatable bonds is 5. The van der Waals surface area contributed by atoms with Crippen LogP contribution in [0, 0.1) is 20.8 Å². The Labute approximate surface area is 202 Å². The maximum Gasteiger partial charge on any atom is 0.267 e. The Morgan fingerprint density at radius 3 is 2.44 bits per heavy atom. The van der Waals surface area contributed by atoms with Crippen LogP contribution in [0.5, 0.6) is 5.75 Å². The lowest BCUT2D eigenvalue weighted by Crippen LogP contribution is -2.19.